The first-order valence-electron chi connectivity index (χ1n) is 17.1. The Kier molecular flexibility index (Phi) is 11.9. The molecule has 2 atom stereocenters. The number of terminal acetylenes is 1. The molecule has 0 aliphatic carbocycles. The first kappa shape index (κ1) is 37.3. The lowest BCUT2D eigenvalue weighted by Gasteiger charge is -2.24. The number of aliphatic hydroxyl groups excluding tert-OH is 2. The first-order valence-corrected chi connectivity index (χ1v) is 17.9. The van der Waals surface area contributed by atoms with Crippen LogP contribution in [-0.4, -0.2) is 42.5 Å². The summed E-state index contributed by atoms with van der Waals surface area (Å²) < 4.78 is 29.8. The van der Waals surface area contributed by atoms with Gasteiger partial charge in [-0.1, -0.05) is 45.8 Å². The van der Waals surface area contributed by atoms with Gasteiger partial charge in [-0.05, 0) is 85.6 Å². The van der Waals surface area contributed by atoms with E-state index in [1.54, 1.807) is 57.7 Å². The van der Waals surface area contributed by atoms with E-state index in [-0.39, 0.29) is 47.8 Å². The average molecular weight is 778 g/mol. The Morgan fingerprint density at radius 1 is 0.698 bits per heavy atom. The molecule has 0 saturated carbocycles. The van der Waals surface area contributed by atoms with E-state index in [1.165, 1.54) is 24.3 Å². The summed E-state index contributed by atoms with van der Waals surface area (Å²) >= 11 is 3.39. The van der Waals surface area contributed by atoms with Crippen LogP contribution >= 0.6 is 15.9 Å². The van der Waals surface area contributed by atoms with Gasteiger partial charge in [0.15, 0.2) is 0 Å². The van der Waals surface area contributed by atoms with Gasteiger partial charge in [-0.25, -0.2) is 18.7 Å². The number of hydrogen-bond acceptors (Lipinski definition) is 6. The zero-order valence-electron chi connectivity index (χ0n) is 28.6. The quantitative estimate of drug-likeness (QED) is 0.209. The normalized spacial score (nSPS) is 15.7. The number of aryl methyl sites for hydroxylation is 2. The molecule has 0 spiro atoms. The van der Waals surface area contributed by atoms with Gasteiger partial charge < -0.3 is 10.2 Å². The summed E-state index contributed by atoms with van der Waals surface area (Å²) in [7, 11) is 0. The van der Waals surface area contributed by atoms with E-state index in [1.807, 2.05) is 12.1 Å². The van der Waals surface area contributed by atoms with E-state index in [4.69, 9.17) is 6.42 Å². The van der Waals surface area contributed by atoms with Crippen molar-refractivity contribution in [2.75, 3.05) is 13.2 Å². The maximum Gasteiger partial charge on any atom is 0.261 e. The second-order valence-corrected chi connectivity index (χ2v) is 13.8. The van der Waals surface area contributed by atoms with Gasteiger partial charge in [-0.2, -0.15) is 0 Å². The zero-order valence-corrected chi connectivity index (χ0v) is 30.2. The number of benzene rings is 4. The van der Waals surface area contributed by atoms with Crippen molar-refractivity contribution in [3.63, 3.8) is 0 Å². The lowest BCUT2D eigenvalue weighted by atomic mass is 9.99. The van der Waals surface area contributed by atoms with Crippen LogP contribution in [0.15, 0.2) is 99.0 Å². The van der Waals surface area contributed by atoms with Crippen molar-refractivity contribution in [1.82, 2.24) is 19.1 Å². The number of fused-ring (bicyclic) bond motifs is 4. The summed E-state index contributed by atoms with van der Waals surface area (Å²) in [6.07, 6.45) is 8.15. The Balaban J connectivity index is 0.000000153. The molecule has 0 radical (unpaired) electrons. The van der Waals surface area contributed by atoms with Crippen LogP contribution in [0.3, 0.4) is 0 Å². The smallest absolute Gasteiger partial charge is 0.261 e. The third kappa shape index (κ3) is 8.95. The van der Waals surface area contributed by atoms with Gasteiger partial charge in [0.05, 0.1) is 21.8 Å². The van der Waals surface area contributed by atoms with Gasteiger partial charge in [0.25, 0.3) is 11.1 Å². The Morgan fingerprint density at radius 2 is 1.19 bits per heavy atom. The van der Waals surface area contributed by atoms with Crippen molar-refractivity contribution in [2.24, 2.45) is 11.8 Å². The number of rotatable bonds is 2. The van der Waals surface area contributed by atoms with Crippen molar-refractivity contribution in [2.45, 2.75) is 38.8 Å². The molecule has 8 nitrogen and oxygen atoms in total. The molecular weight excluding hydrogens is 742 g/mol. The van der Waals surface area contributed by atoms with E-state index in [9.17, 15) is 28.6 Å². The standard InChI is InChI=1S/C21H17FN2O2.C13H13BrN2O2.C8H5F/c22-17-3-1-2-14(10-17)4-5-15-6-8-18-19(11-15)23-20-9-7-16(13-25)12-24(20)21(18)26;14-9-2-3-10-11(5-9)15-12-4-1-8(7-17)6-16(12)13(10)18;1-2-7-4-3-5-8(9)6-7/h1-3,6,8,10-11,16,25H,7,9,12-13H2;2-3,5,8,17H,1,4,6-7H2;1,3-6H. The third-order valence-electron chi connectivity index (χ3n) is 9.15. The highest BCUT2D eigenvalue weighted by molar-refractivity contribution is 9.10. The van der Waals surface area contributed by atoms with Crippen LogP contribution in [0.2, 0.25) is 0 Å². The Bertz CT molecular complexity index is 2530. The molecule has 0 amide bonds. The molecule has 2 N–H and O–H groups in total. The molecule has 8 rings (SSSR count). The van der Waals surface area contributed by atoms with Crippen LogP contribution in [0.5, 0.6) is 0 Å². The average Bonchev–Trinajstić information content (AvgIpc) is 3.17. The Labute approximate surface area is 312 Å². The number of aromatic nitrogens is 4. The lowest BCUT2D eigenvalue weighted by Crippen LogP contribution is -2.33. The van der Waals surface area contributed by atoms with E-state index >= 15 is 0 Å². The monoisotopic (exact) mass is 776 g/mol. The van der Waals surface area contributed by atoms with Crippen LogP contribution in [0.25, 0.3) is 21.8 Å². The molecule has 0 saturated heterocycles. The first-order chi connectivity index (χ1) is 25.6. The van der Waals surface area contributed by atoms with Gasteiger partial charge in [-0.3, -0.25) is 18.7 Å². The number of aliphatic hydroxyl groups is 2. The second kappa shape index (κ2) is 16.9. The molecule has 4 aromatic carbocycles. The van der Waals surface area contributed by atoms with Gasteiger partial charge in [0.2, 0.25) is 0 Å². The molecule has 268 valence electrons. The van der Waals surface area contributed by atoms with Crippen LogP contribution in [0.1, 0.15) is 41.2 Å². The van der Waals surface area contributed by atoms with Crippen molar-refractivity contribution >= 4 is 37.7 Å². The van der Waals surface area contributed by atoms with Crippen molar-refractivity contribution in [1.29, 1.82) is 0 Å². The van der Waals surface area contributed by atoms with Crippen molar-refractivity contribution in [3.05, 3.63) is 150 Å². The second-order valence-electron chi connectivity index (χ2n) is 12.9. The summed E-state index contributed by atoms with van der Waals surface area (Å²) in [5.74, 6) is 9.50. The van der Waals surface area contributed by atoms with Gasteiger partial charge in [-0.15, -0.1) is 6.42 Å². The zero-order chi connectivity index (χ0) is 37.5. The maximum absolute atomic E-state index is 13.2. The largest absolute Gasteiger partial charge is 0.396 e. The summed E-state index contributed by atoms with van der Waals surface area (Å²) in [6.45, 7) is 1.29. The molecule has 2 aliphatic rings. The molecule has 6 aromatic rings. The predicted molar refractivity (Wildman–Crippen MR) is 204 cm³/mol. The molecule has 0 fully saturated rings. The van der Waals surface area contributed by atoms with Crippen molar-refractivity contribution < 1.29 is 19.0 Å². The van der Waals surface area contributed by atoms with Crippen molar-refractivity contribution in [3.8, 4) is 24.2 Å². The molecule has 4 heterocycles. The van der Waals surface area contributed by atoms with Crippen LogP contribution in [0, 0.1) is 47.7 Å². The van der Waals surface area contributed by atoms with Gasteiger partial charge >= 0.3 is 0 Å². The summed E-state index contributed by atoms with van der Waals surface area (Å²) in [5.41, 5.74) is 3.18. The fraction of sp³-hybridized carbons (Fsp3) is 0.238. The SMILES string of the molecule is C#Cc1cccc(F)c1.O=c1c2ccc(Br)cc2nc2n1CC(CO)CC2.O=c1c2ccc(C#Cc3cccc(F)c3)cc2nc2n1CC(CO)CC2. The topological polar surface area (TPSA) is 110 Å². The molecule has 11 heteroatoms. The summed E-state index contributed by atoms with van der Waals surface area (Å²) in [6, 6.07) is 22.9. The Morgan fingerprint density at radius 3 is 1.70 bits per heavy atom. The molecule has 53 heavy (non-hydrogen) atoms. The van der Waals surface area contributed by atoms with Crippen LogP contribution < -0.4 is 11.1 Å². The molecule has 0 bridgehead atoms. The lowest BCUT2D eigenvalue weighted by molar-refractivity contribution is 0.188. The number of hydrogen-bond donors (Lipinski definition) is 2. The summed E-state index contributed by atoms with van der Waals surface area (Å²) in [4.78, 5) is 34.3. The highest BCUT2D eigenvalue weighted by Gasteiger charge is 2.22. The van der Waals surface area contributed by atoms with Gasteiger partial charge in [0, 0.05) is 72.1 Å². The minimum atomic E-state index is -0.321. The third-order valence-corrected chi connectivity index (χ3v) is 9.64. The minimum Gasteiger partial charge on any atom is -0.396 e. The van der Waals surface area contributed by atoms with E-state index in [2.05, 4.69) is 43.7 Å². The van der Waals surface area contributed by atoms with Crippen LogP contribution in [0.4, 0.5) is 8.78 Å². The fourth-order valence-corrected chi connectivity index (χ4v) is 6.64. The highest BCUT2D eigenvalue weighted by atomic mass is 79.9. The number of nitrogens with zero attached hydrogens (tertiary/aromatic N) is 4. The Hall–Kier alpha value is -5.46. The van der Waals surface area contributed by atoms with E-state index < -0.39 is 0 Å². The molecular formula is C42H35BrF2N4O4. The van der Waals surface area contributed by atoms with Gasteiger partial charge in [0.1, 0.15) is 23.3 Å². The molecule has 2 unspecified atom stereocenters. The summed E-state index contributed by atoms with van der Waals surface area (Å²) in [5, 5.41) is 19.8. The molecule has 2 aromatic heterocycles. The highest BCUT2D eigenvalue weighted by Crippen LogP contribution is 2.22. The number of halogens is 3. The fourth-order valence-electron chi connectivity index (χ4n) is 6.30. The van der Waals surface area contributed by atoms with E-state index in [0.717, 1.165) is 46.5 Å². The molecule has 2 aliphatic heterocycles. The van der Waals surface area contributed by atoms with Crippen LogP contribution in [-0.2, 0) is 25.9 Å². The minimum absolute atomic E-state index is 0.000602. The van der Waals surface area contributed by atoms with E-state index in [0.29, 0.717) is 46.9 Å². The maximum atomic E-state index is 13.2. The predicted octanol–water partition coefficient (Wildman–Crippen LogP) is 6.01.